The number of benzene rings is 1. The number of carbonyl (C=O) groups is 2. The standard InChI is InChI=1S/C18H17ClN2O2S/c1-10(22)16-17(23)21-15(11-6-8-12(19)9-7-11)13-4-2-3-5-14(13)20-18(21)24-16/h6-9,15-16H,2-5H2,1H3/t15-,16-/m1/s1. The lowest BCUT2D eigenvalue weighted by Gasteiger charge is -2.36. The van der Waals surface area contributed by atoms with Crippen LogP contribution in [-0.2, 0) is 9.59 Å². The molecule has 0 spiro atoms. The number of Topliss-reactive ketones (excluding diaryl/α,β-unsaturated/α-hetero) is 1. The van der Waals surface area contributed by atoms with Crippen LogP contribution >= 0.6 is 23.4 Å². The van der Waals surface area contributed by atoms with E-state index in [0.717, 1.165) is 36.9 Å². The fourth-order valence-electron chi connectivity index (χ4n) is 3.61. The van der Waals surface area contributed by atoms with Gasteiger partial charge in [0.2, 0.25) is 0 Å². The number of amidine groups is 1. The van der Waals surface area contributed by atoms with E-state index in [1.807, 2.05) is 24.3 Å². The highest BCUT2D eigenvalue weighted by molar-refractivity contribution is 8.16. The quantitative estimate of drug-likeness (QED) is 0.746. The van der Waals surface area contributed by atoms with Crippen molar-refractivity contribution in [3.63, 3.8) is 0 Å². The second-order valence-corrected chi connectivity index (χ2v) is 7.85. The summed E-state index contributed by atoms with van der Waals surface area (Å²) in [6, 6.07) is 7.47. The van der Waals surface area contributed by atoms with E-state index in [-0.39, 0.29) is 17.7 Å². The smallest absolute Gasteiger partial charge is 0.250 e. The van der Waals surface area contributed by atoms with Gasteiger partial charge in [0.05, 0.1) is 6.04 Å². The minimum atomic E-state index is -0.667. The van der Waals surface area contributed by atoms with Gasteiger partial charge in [0.1, 0.15) is 5.25 Å². The Bertz CT molecular complexity index is 785. The molecule has 1 aromatic rings. The van der Waals surface area contributed by atoms with Gasteiger partial charge in [-0.15, -0.1) is 0 Å². The van der Waals surface area contributed by atoms with Gasteiger partial charge in [0, 0.05) is 10.7 Å². The van der Waals surface area contributed by atoms with Crippen LogP contribution in [-0.4, -0.2) is 27.0 Å². The van der Waals surface area contributed by atoms with E-state index < -0.39 is 5.25 Å². The Morgan fingerprint density at radius 3 is 2.67 bits per heavy atom. The third-order valence-electron chi connectivity index (χ3n) is 4.75. The second kappa shape index (κ2) is 6.05. The Kier molecular flexibility index (Phi) is 4.01. The lowest BCUT2D eigenvalue weighted by atomic mass is 9.86. The molecule has 2 atom stereocenters. The summed E-state index contributed by atoms with van der Waals surface area (Å²) in [5.41, 5.74) is 3.33. The molecule has 0 unspecified atom stereocenters. The molecule has 1 aliphatic carbocycles. The largest absolute Gasteiger partial charge is 0.298 e. The second-order valence-electron chi connectivity index (χ2n) is 6.34. The molecule has 1 saturated heterocycles. The minimum Gasteiger partial charge on any atom is -0.298 e. The van der Waals surface area contributed by atoms with Crippen LogP contribution in [0.15, 0.2) is 40.5 Å². The third-order valence-corrected chi connectivity index (χ3v) is 6.27. The first kappa shape index (κ1) is 15.9. The normalized spacial score (nSPS) is 26.2. The summed E-state index contributed by atoms with van der Waals surface area (Å²) in [4.78, 5) is 31.2. The molecule has 1 fully saturated rings. The molecule has 24 heavy (non-hydrogen) atoms. The molecule has 4 rings (SSSR count). The first-order valence-corrected chi connectivity index (χ1v) is 9.38. The molecule has 2 aliphatic heterocycles. The fourth-order valence-corrected chi connectivity index (χ4v) is 4.80. The van der Waals surface area contributed by atoms with Crippen LogP contribution in [0.4, 0.5) is 0 Å². The Balaban J connectivity index is 1.83. The van der Waals surface area contributed by atoms with Crippen molar-refractivity contribution in [1.82, 2.24) is 4.90 Å². The van der Waals surface area contributed by atoms with E-state index in [4.69, 9.17) is 16.6 Å². The highest BCUT2D eigenvalue weighted by Crippen LogP contribution is 2.47. The summed E-state index contributed by atoms with van der Waals surface area (Å²) in [7, 11) is 0. The maximum atomic E-state index is 12.9. The number of fused-ring (bicyclic) bond motifs is 1. The highest BCUT2D eigenvalue weighted by atomic mass is 35.5. The molecular weight excluding hydrogens is 344 g/mol. The lowest BCUT2D eigenvalue weighted by molar-refractivity contribution is -0.131. The Hall–Kier alpha value is -1.59. The van der Waals surface area contributed by atoms with Gasteiger partial charge in [-0.3, -0.25) is 14.5 Å². The van der Waals surface area contributed by atoms with Crippen LogP contribution in [0.3, 0.4) is 0 Å². The fraction of sp³-hybridized carbons (Fsp3) is 0.389. The van der Waals surface area contributed by atoms with Gasteiger partial charge in [-0.2, -0.15) is 0 Å². The summed E-state index contributed by atoms with van der Waals surface area (Å²) < 4.78 is 0. The number of aliphatic imine (C=N–C) groups is 1. The van der Waals surface area contributed by atoms with Crippen LogP contribution in [0, 0.1) is 0 Å². The topological polar surface area (TPSA) is 49.7 Å². The zero-order valence-corrected chi connectivity index (χ0v) is 14.9. The minimum absolute atomic E-state index is 0.116. The predicted molar refractivity (Wildman–Crippen MR) is 96.0 cm³/mol. The number of amides is 1. The van der Waals surface area contributed by atoms with Crippen molar-refractivity contribution in [3.05, 3.63) is 46.1 Å². The van der Waals surface area contributed by atoms with Gasteiger partial charge >= 0.3 is 0 Å². The molecule has 0 N–H and O–H groups in total. The Labute approximate surface area is 150 Å². The van der Waals surface area contributed by atoms with Crippen LogP contribution in [0.1, 0.15) is 44.2 Å². The van der Waals surface area contributed by atoms with Gasteiger partial charge < -0.3 is 0 Å². The summed E-state index contributed by atoms with van der Waals surface area (Å²) >= 11 is 7.31. The number of carbonyl (C=O) groups excluding carboxylic acids is 2. The van der Waals surface area contributed by atoms with Crippen molar-refractivity contribution in [1.29, 1.82) is 0 Å². The molecule has 0 aromatic heterocycles. The van der Waals surface area contributed by atoms with Crippen molar-refractivity contribution in [2.24, 2.45) is 4.99 Å². The van der Waals surface area contributed by atoms with E-state index >= 15 is 0 Å². The lowest BCUT2D eigenvalue weighted by Crippen LogP contribution is -2.40. The zero-order valence-electron chi connectivity index (χ0n) is 13.3. The molecule has 2 heterocycles. The number of thioether (sulfide) groups is 1. The molecule has 0 saturated carbocycles. The van der Waals surface area contributed by atoms with Gasteiger partial charge in [-0.05, 0) is 55.9 Å². The van der Waals surface area contributed by atoms with E-state index in [2.05, 4.69) is 0 Å². The Morgan fingerprint density at radius 1 is 1.25 bits per heavy atom. The Morgan fingerprint density at radius 2 is 1.96 bits per heavy atom. The average Bonchev–Trinajstić information content (AvgIpc) is 2.90. The van der Waals surface area contributed by atoms with Crippen molar-refractivity contribution in [2.75, 3.05) is 0 Å². The maximum absolute atomic E-state index is 12.9. The van der Waals surface area contributed by atoms with Crippen molar-refractivity contribution in [3.8, 4) is 0 Å². The number of nitrogens with zero attached hydrogens (tertiary/aromatic N) is 2. The average molecular weight is 361 g/mol. The number of hydrogen-bond donors (Lipinski definition) is 0. The van der Waals surface area contributed by atoms with Crippen LogP contribution in [0.2, 0.25) is 5.02 Å². The summed E-state index contributed by atoms with van der Waals surface area (Å²) in [6.45, 7) is 1.47. The molecule has 6 heteroatoms. The van der Waals surface area contributed by atoms with Crippen molar-refractivity contribution < 1.29 is 9.59 Å². The summed E-state index contributed by atoms with van der Waals surface area (Å²) in [5, 5.41) is 0.672. The SMILES string of the molecule is CC(=O)[C@H]1SC2=NC3=C(CCCC3)[C@@H](c3ccc(Cl)cc3)N2C1=O. The van der Waals surface area contributed by atoms with Crippen molar-refractivity contribution in [2.45, 2.75) is 43.9 Å². The van der Waals surface area contributed by atoms with E-state index in [0.29, 0.717) is 10.2 Å². The maximum Gasteiger partial charge on any atom is 0.250 e. The van der Waals surface area contributed by atoms with Crippen LogP contribution in [0.5, 0.6) is 0 Å². The first-order chi connectivity index (χ1) is 11.6. The van der Waals surface area contributed by atoms with Crippen molar-refractivity contribution >= 4 is 40.2 Å². The molecular formula is C18H17ClN2O2S. The zero-order chi connectivity index (χ0) is 16.8. The number of hydrogen-bond acceptors (Lipinski definition) is 4. The summed E-state index contributed by atoms with van der Waals surface area (Å²) in [5.74, 6) is -0.266. The molecule has 124 valence electrons. The van der Waals surface area contributed by atoms with Gasteiger partial charge in [-0.25, -0.2) is 4.99 Å². The number of rotatable bonds is 2. The predicted octanol–water partition coefficient (Wildman–Crippen LogP) is 4.11. The molecule has 0 bridgehead atoms. The number of halogens is 1. The van der Waals surface area contributed by atoms with Crippen LogP contribution in [0.25, 0.3) is 0 Å². The number of allylic oxidation sites excluding steroid dienone is 1. The van der Waals surface area contributed by atoms with Gasteiger partial charge in [0.15, 0.2) is 11.0 Å². The molecule has 1 amide bonds. The third kappa shape index (κ3) is 2.50. The monoisotopic (exact) mass is 360 g/mol. The molecule has 1 aromatic carbocycles. The van der Waals surface area contributed by atoms with Gasteiger partial charge in [0.25, 0.3) is 5.91 Å². The highest BCUT2D eigenvalue weighted by Gasteiger charge is 2.48. The molecule has 0 radical (unpaired) electrons. The van der Waals surface area contributed by atoms with Gasteiger partial charge in [-0.1, -0.05) is 35.5 Å². The summed E-state index contributed by atoms with van der Waals surface area (Å²) in [6.07, 6.45) is 4.12. The molecule has 4 nitrogen and oxygen atoms in total. The van der Waals surface area contributed by atoms with Crippen LogP contribution < -0.4 is 0 Å². The van der Waals surface area contributed by atoms with E-state index in [9.17, 15) is 9.59 Å². The first-order valence-electron chi connectivity index (χ1n) is 8.12. The van der Waals surface area contributed by atoms with E-state index in [1.165, 1.54) is 24.3 Å². The number of ketones is 1. The van der Waals surface area contributed by atoms with E-state index in [1.54, 1.807) is 4.90 Å². The molecule has 3 aliphatic rings.